The summed E-state index contributed by atoms with van der Waals surface area (Å²) in [6, 6.07) is 0. The molecule has 0 spiro atoms. The van der Waals surface area contributed by atoms with Gasteiger partial charge in [-0.25, -0.2) is 4.79 Å². The summed E-state index contributed by atoms with van der Waals surface area (Å²) in [5.41, 5.74) is 0. The Labute approximate surface area is 122 Å². The Morgan fingerprint density at radius 2 is 1.40 bits per heavy atom. The fraction of sp³-hybridized carbons (Fsp3) is 0.875. The largest absolute Gasteiger partial charge is 0.479 e. The maximum atomic E-state index is 11.4. The fourth-order valence-corrected chi connectivity index (χ4v) is 2.11. The van der Waals surface area contributed by atoms with E-state index in [1.54, 1.807) is 6.92 Å². The van der Waals surface area contributed by atoms with E-state index in [4.69, 9.17) is 9.84 Å². The summed E-state index contributed by atoms with van der Waals surface area (Å²) in [6.45, 7) is 3.91. The lowest BCUT2D eigenvalue weighted by molar-refractivity contribution is -0.164. The Kier molecular flexibility index (Phi) is 12.3. The molecule has 118 valence electrons. The van der Waals surface area contributed by atoms with Crippen LogP contribution in [0.25, 0.3) is 0 Å². The van der Waals surface area contributed by atoms with Gasteiger partial charge >= 0.3 is 11.9 Å². The number of rotatable bonds is 13. The van der Waals surface area contributed by atoms with Gasteiger partial charge in [-0.15, -0.1) is 0 Å². The first-order valence-electron chi connectivity index (χ1n) is 8.04. The van der Waals surface area contributed by atoms with E-state index in [0.717, 1.165) is 19.3 Å². The Morgan fingerprint density at radius 3 is 1.85 bits per heavy atom. The number of carboxylic acid groups (broad SMARTS) is 1. The number of ether oxygens (including phenoxy) is 1. The van der Waals surface area contributed by atoms with E-state index in [9.17, 15) is 9.59 Å². The van der Waals surface area contributed by atoms with E-state index in [1.807, 2.05) is 0 Å². The second-order valence-electron chi connectivity index (χ2n) is 5.30. The molecule has 0 saturated heterocycles. The number of carboxylic acids is 1. The number of carbonyl (C=O) groups excluding carboxylic acids is 1. The van der Waals surface area contributed by atoms with Crippen LogP contribution in [0.15, 0.2) is 0 Å². The van der Waals surface area contributed by atoms with Crippen LogP contribution < -0.4 is 0 Å². The zero-order valence-electron chi connectivity index (χ0n) is 13.0. The second kappa shape index (κ2) is 12.9. The Hall–Kier alpha value is -1.06. The minimum absolute atomic E-state index is 0.318. The van der Waals surface area contributed by atoms with Crippen LogP contribution in [0.3, 0.4) is 0 Å². The van der Waals surface area contributed by atoms with Gasteiger partial charge < -0.3 is 9.84 Å². The summed E-state index contributed by atoms with van der Waals surface area (Å²) in [6.07, 6.45) is 10.4. The number of unbranched alkanes of at least 4 members (excludes halogenated alkanes) is 8. The molecule has 0 aromatic carbocycles. The SMILES string of the molecule is CCCCCCCCCCCC(=O)OC(CC)C(=O)O. The first kappa shape index (κ1) is 18.9. The molecule has 1 N–H and O–H groups in total. The fourth-order valence-electron chi connectivity index (χ4n) is 2.11. The molecule has 0 aliphatic heterocycles. The predicted molar refractivity (Wildman–Crippen MR) is 79.7 cm³/mol. The van der Waals surface area contributed by atoms with E-state index in [2.05, 4.69) is 6.92 Å². The minimum atomic E-state index is -1.06. The normalized spacial score (nSPS) is 12.1. The highest BCUT2D eigenvalue weighted by molar-refractivity contribution is 5.77. The Bertz CT molecular complexity index is 263. The highest BCUT2D eigenvalue weighted by atomic mass is 16.6. The van der Waals surface area contributed by atoms with Gasteiger partial charge in [0.15, 0.2) is 6.10 Å². The molecule has 0 saturated carbocycles. The first-order valence-corrected chi connectivity index (χ1v) is 8.04. The summed E-state index contributed by atoms with van der Waals surface area (Å²) in [7, 11) is 0. The van der Waals surface area contributed by atoms with E-state index in [1.165, 1.54) is 38.5 Å². The molecule has 0 fully saturated rings. The van der Waals surface area contributed by atoms with Crippen LogP contribution in [-0.4, -0.2) is 23.1 Å². The average Bonchev–Trinajstić information content (AvgIpc) is 2.42. The maximum Gasteiger partial charge on any atom is 0.345 e. The summed E-state index contributed by atoms with van der Waals surface area (Å²) in [5, 5.41) is 8.78. The van der Waals surface area contributed by atoms with E-state index >= 15 is 0 Å². The lowest BCUT2D eigenvalue weighted by Crippen LogP contribution is -2.26. The molecule has 1 unspecified atom stereocenters. The Morgan fingerprint density at radius 1 is 0.900 bits per heavy atom. The van der Waals surface area contributed by atoms with Gasteiger partial charge in [0.2, 0.25) is 0 Å². The first-order chi connectivity index (χ1) is 9.61. The zero-order valence-corrected chi connectivity index (χ0v) is 13.0. The molecule has 0 radical (unpaired) electrons. The number of carbonyl (C=O) groups is 2. The van der Waals surface area contributed by atoms with Crippen LogP contribution in [0.5, 0.6) is 0 Å². The van der Waals surface area contributed by atoms with Crippen molar-refractivity contribution < 1.29 is 19.4 Å². The van der Waals surface area contributed by atoms with Crippen LogP contribution in [0.2, 0.25) is 0 Å². The highest BCUT2D eigenvalue weighted by Crippen LogP contribution is 2.11. The summed E-state index contributed by atoms with van der Waals surface area (Å²) >= 11 is 0. The summed E-state index contributed by atoms with van der Waals surface area (Å²) in [5.74, 6) is -1.45. The molecule has 0 heterocycles. The molecule has 4 nitrogen and oxygen atoms in total. The third-order valence-electron chi connectivity index (χ3n) is 3.40. The molecule has 0 bridgehead atoms. The molecule has 4 heteroatoms. The van der Waals surface area contributed by atoms with Crippen molar-refractivity contribution >= 4 is 11.9 Å². The monoisotopic (exact) mass is 286 g/mol. The number of aliphatic carboxylic acids is 1. The lowest BCUT2D eigenvalue weighted by Gasteiger charge is -2.11. The minimum Gasteiger partial charge on any atom is -0.479 e. The molecule has 0 amide bonds. The van der Waals surface area contributed by atoms with Crippen LogP contribution >= 0.6 is 0 Å². The smallest absolute Gasteiger partial charge is 0.345 e. The maximum absolute atomic E-state index is 11.4. The van der Waals surface area contributed by atoms with Gasteiger partial charge in [0.25, 0.3) is 0 Å². The molecule has 0 aromatic heterocycles. The zero-order chi connectivity index (χ0) is 15.2. The predicted octanol–water partition coefficient (Wildman–Crippen LogP) is 4.31. The van der Waals surface area contributed by atoms with Gasteiger partial charge in [0, 0.05) is 6.42 Å². The number of esters is 1. The third kappa shape index (κ3) is 10.8. The number of hydrogen-bond donors (Lipinski definition) is 1. The molecule has 0 rings (SSSR count). The van der Waals surface area contributed by atoms with Gasteiger partial charge in [-0.3, -0.25) is 4.79 Å². The molecule has 0 aliphatic carbocycles. The van der Waals surface area contributed by atoms with E-state index in [0.29, 0.717) is 12.8 Å². The van der Waals surface area contributed by atoms with E-state index in [-0.39, 0.29) is 5.97 Å². The lowest BCUT2D eigenvalue weighted by atomic mass is 10.1. The van der Waals surface area contributed by atoms with Crippen molar-refractivity contribution in [1.82, 2.24) is 0 Å². The van der Waals surface area contributed by atoms with Crippen molar-refractivity contribution in [2.75, 3.05) is 0 Å². The molecule has 20 heavy (non-hydrogen) atoms. The van der Waals surface area contributed by atoms with Crippen LogP contribution in [0.1, 0.15) is 84.5 Å². The summed E-state index contributed by atoms with van der Waals surface area (Å²) < 4.78 is 4.89. The van der Waals surface area contributed by atoms with Crippen molar-refractivity contribution in [1.29, 1.82) is 0 Å². The topological polar surface area (TPSA) is 63.6 Å². The molecular formula is C16H30O4. The van der Waals surface area contributed by atoms with Crippen molar-refractivity contribution in [2.24, 2.45) is 0 Å². The van der Waals surface area contributed by atoms with Crippen LogP contribution in [-0.2, 0) is 14.3 Å². The van der Waals surface area contributed by atoms with Gasteiger partial charge in [-0.1, -0.05) is 65.2 Å². The van der Waals surface area contributed by atoms with Gasteiger partial charge in [0.1, 0.15) is 0 Å². The molecule has 0 aromatic rings. The van der Waals surface area contributed by atoms with Crippen molar-refractivity contribution in [3.63, 3.8) is 0 Å². The standard InChI is InChI=1S/C16H30O4/c1-3-5-6-7-8-9-10-11-12-13-15(17)20-14(4-2)16(18)19/h14H,3-13H2,1-2H3,(H,18,19). The van der Waals surface area contributed by atoms with Crippen LogP contribution in [0.4, 0.5) is 0 Å². The average molecular weight is 286 g/mol. The number of hydrogen-bond acceptors (Lipinski definition) is 3. The van der Waals surface area contributed by atoms with Crippen molar-refractivity contribution in [3.8, 4) is 0 Å². The third-order valence-corrected chi connectivity index (χ3v) is 3.40. The van der Waals surface area contributed by atoms with Gasteiger partial charge in [0.05, 0.1) is 0 Å². The van der Waals surface area contributed by atoms with Crippen molar-refractivity contribution in [2.45, 2.75) is 90.6 Å². The van der Waals surface area contributed by atoms with Gasteiger partial charge in [-0.2, -0.15) is 0 Å². The highest BCUT2D eigenvalue weighted by Gasteiger charge is 2.19. The Balaban J connectivity index is 3.41. The van der Waals surface area contributed by atoms with Crippen LogP contribution in [0, 0.1) is 0 Å². The van der Waals surface area contributed by atoms with Crippen molar-refractivity contribution in [3.05, 3.63) is 0 Å². The van der Waals surface area contributed by atoms with Gasteiger partial charge in [-0.05, 0) is 12.8 Å². The second-order valence-corrected chi connectivity index (χ2v) is 5.30. The quantitative estimate of drug-likeness (QED) is 0.404. The summed E-state index contributed by atoms with van der Waals surface area (Å²) in [4.78, 5) is 22.2. The molecule has 1 atom stereocenters. The molecule has 0 aliphatic rings. The molecular weight excluding hydrogens is 256 g/mol. The van der Waals surface area contributed by atoms with E-state index < -0.39 is 12.1 Å².